The number of hydroxylamine groups is 2. The van der Waals surface area contributed by atoms with Gasteiger partial charge in [0.25, 0.3) is 0 Å². The van der Waals surface area contributed by atoms with Gasteiger partial charge in [-0.3, -0.25) is 4.84 Å². The molecule has 64 valence electrons. The Balaban J connectivity index is 3.18. The molecule has 0 aliphatic carbocycles. The van der Waals surface area contributed by atoms with Crippen molar-refractivity contribution in [2.45, 2.75) is 20.3 Å². The van der Waals surface area contributed by atoms with Gasteiger partial charge in [-0.15, -0.1) is 5.26 Å². The molecule has 0 aliphatic rings. The molecule has 0 spiro atoms. The largest absolute Gasteiger partial charge is 0.309 e. The second-order valence-corrected chi connectivity index (χ2v) is 2.64. The summed E-state index contributed by atoms with van der Waals surface area (Å²) in [7, 11) is 1.55. The van der Waals surface area contributed by atoms with Gasteiger partial charge in [-0.1, -0.05) is 13.8 Å². The normalized spacial score (nSPS) is 10.2. The molecule has 0 aromatic rings. The van der Waals surface area contributed by atoms with E-state index in [-0.39, 0.29) is 0 Å². The molecule has 4 heteroatoms. The molecular weight excluding hydrogens is 144 g/mol. The Hall–Kier alpha value is -0.790. The Morgan fingerprint density at radius 1 is 1.55 bits per heavy atom. The van der Waals surface area contributed by atoms with Gasteiger partial charge in [-0.05, 0) is 17.6 Å². The average molecular weight is 158 g/mol. The summed E-state index contributed by atoms with van der Waals surface area (Å²) in [5, 5.41) is 9.11. The molecule has 0 radical (unpaired) electrons. The summed E-state index contributed by atoms with van der Waals surface area (Å²) in [6.45, 7) is 4.79. The maximum absolute atomic E-state index is 8.05. The first-order chi connectivity index (χ1) is 5.16. The first kappa shape index (κ1) is 10.2. The van der Waals surface area contributed by atoms with Crippen molar-refractivity contribution in [1.82, 2.24) is 5.23 Å². The van der Waals surface area contributed by atoms with Crippen molar-refractivity contribution in [2.24, 2.45) is 5.92 Å². The summed E-state index contributed by atoms with van der Waals surface area (Å²) in [6.07, 6.45) is 2.46. The molecule has 0 amide bonds. The third-order valence-electron chi connectivity index (χ3n) is 1.14. The zero-order valence-corrected chi connectivity index (χ0v) is 7.20. The molecule has 11 heavy (non-hydrogen) atoms. The smallest absolute Gasteiger partial charge is 0.301 e. The van der Waals surface area contributed by atoms with Gasteiger partial charge in [0.15, 0.2) is 0 Å². The zero-order valence-electron chi connectivity index (χ0n) is 7.20. The lowest BCUT2D eigenvalue weighted by atomic mass is 10.1. The minimum absolute atomic E-state index is 0.579. The predicted molar refractivity (Wildman–Crippen MR) is 39.9 cm³/mol. The number of hydrogen-bond acceptors (Lipinski definition) is 4. The second-order valence-electron chi connectivity index (χ2n) is 2.64. The van der Waals surface area contributed by atoms with Crippen LogP contribution in [0, 0.1) is 17.4 Å². The fourth-order valence-corrected chi connectivity index (χ4v) is 0.501. The van der Waals surface area contributed by atoms with Crippen LogP contribution in [0.25, 0.3) is 0 Å². The number of rotatable bonds is 5. The summed E-state index contributed by atoms with van der Waals surface area (Å²) in [5.74, 6) is 0.602. The highest BCUT2D eigenvalue weighted by atomic mass is 16.9. The van der Waals surface area contributed by atoms with E-state index < -0.39 is 0 Å². The summed E-state index contributed by atoms with van der Waals surface area (Å²) < 4.78 is 0. The molecule has 0 saturated carbocycles. The van der Waals surface area contributed by atoms with Crippen LogP contribution in [-0.2, 0) is 9.68 Å². The molecule has 0 aromatic carbocycles. The molecule has 0 fully saturated rings. The minimum atomic E-state index is 0.579. The molecule has 4 nitrogen and oxygen atoms in total. The van der Waals surface area contributed by atoms with E-state index in [1.54, 1.807) is 7.05 Å². The lowest BCUT2D eigenvalue weighted by Gasteiger charge is -2.11. The summed E-state index contributed by atoms with van der Waals surface area (Å²) >= 11 is 0. The van der Waals surface area contributed by atoms with Crippen LogP contribution in [0.4, 0.5) is 0 Å². The van der Waals surface area contributed by atoms with Gasteiger partial charge < -0.3 is 4.84 Å². The van der Waals surface area contributed by atoms with Crippen molar-refractivity contribution < 1.29 is 9.68 Å². The van der Waals surface area contributed by atoms with Crippen molar-refractivity contribution in [1.29, 1.82) is 5.26 Å². The standard InChI is InChI=1S/C7H14N2O2/c1-7(2)4-5-10-9(3)11-6-8/h7H,4-5H2,1-3H3. The lowest BCUT2D eigenvalue weighted by Crippen LogP contribution is -2.18. The maximum Gasteiger partial charge on any atom is 0.309 e. The van der Waals surface area contributed by atoms with E-state index in [0.717, 1.165) is 11.6 Å². The first-order valence-electron chi connectivity index (χ1n) is 3.59. The van der Waals surface area contributed by atoms with Crippen LogP contribution in [0.5, 0.6) is 0 Å². The Morgan fingerprint density at radius 2 is 2.18 bits per heavy atom. The van der Waals surface area contributed by atoms with Crippen molar-refractivity contribution in [2.75, 3.05) is 13.7 Å². The summed E-state index contributed by atoms with van der Waals surface area (Å²) in [4.78, 5) is 9.32. The van der Waals surface area contributed by atoms with Crippen LogP contribution in [0.3, 0.4) is 0 Å². The molecular formula is C7H14N2O2. The maximum atomic E-state index is 8.05. The Bertz CT molecular complexity index is 131. The fraction of sp³-hybridized carbons (Fsp3) is 0.857. The van der Waals surface area contributed by atoms with Gasteiger partial charge >= 0.3 is 6.26 Å². The van der Waals surface area contributed by atoms with Gasteiger partial charge in [0, 0.05) is 0 Å². The fourth-order valence-electron chi connectivity index (χ4n) is 0.501. The predicted octanol–water partition coefficient (Wildman–Crippen LogP) is 1.31. The molecule has 0 bridgehead atoms. The molecule has 0 heterocycles. The van der Waals surface area contributed by atoms with Gasteiger partial charge in [0.2, 0.25) is 0 Å². The van der Waals surface area contributed by atoms with Crippen LogP contribution in [0.2, 0.25) is 0 Å². The molecule has 0 aliphatic heterocycles. The van der Waals surface area contributed by atoms with E-state index in [0.29, 0.717) is 12.5 Å². The lowest BCUT2D eigenvalue weighted by molar-refractivity contribution is -0.320. The van der Waals surface area contributed by atoms with Crippen molar-refractivity contribution in [3.05, 3.63) is 0 Å². The SMILES string of the molecule is CC(C)CCON(C)OC#N. The van der Waals surface area contributed by atoms with E-state index in [4.69, 9.17) is 10.1 Å². The van der Waals surface area contributed by atoms with Crippen LogP contribution < -0.4 is 0 Å². The first-order valence-corrected chi connectivity index (χ1v) is 3.59. The molecule has 0 atom stereocenters. The van der Waals surface area contributed by atoms with Crippen LogP contribution in [0.15, 0.2) is 0 Å². The van der Waals surface area contributed by atoms with E-state index in [1.165, 1.54) is 6.26 Å². The van der Waals surface area contributed by atoms with Crippen molar-refractivity contribution in [3.63, 3.8) is 0 Å². The molecule has 0 aromatic heterocycles. The molecule has 0 saturated heterocycles. The number of nitriles is 1. The van der Waals surface area contributed by atoms with Crippen LogP contribution in [-0.4, -0.2) is 18.9 Å². The Labute approximate surface area is 67.2 Å². The average Bonchev–Trinajstić information content (AvgIpc) is 1.87. The van der Waals surface area contributed by atoms with Gasteiger partial charge in [-0.25, -0.2) is 0 Å². The highest BCUT2D eigenvalue weighted by Crippen LogP contribution is 1.99. The summed E-state index contributed by atoms with van der Waals surface area (Å²) in [5.41, 5.74) is 0. The van der Waals surface area contributed by atoms with Crippen LogP contribution in [0.1, 0.15) is 20.3 Å². The Kier molecular flexibility index (Phi) is 5.53. The molecule has 0 rings (SSSR count). The quantitative estimate of drug-likeness (QED) is 0.447. The Morgan fingerprint density at radius 3 is 2.64 bits per heavy atom. The topological polar surface area (TPSA) is 45.5 Å². The van der Waals surface area contributed by atoms with Gasteiger partial charge in [0.05, 0.1) is 13.7 Å². The van der Waals surface area contributed by atoms with Crippen LogP contribution >= 0.6 is 0 Å². The van der Waals surface area contributed by atoms with E-state index in [2.05, 4.69) is 18.7 Å². The van der Waals surface area contributed by atoms with E-state index >= 15 is 0 Å². The highest BCUT2D eigenvalue weighted by molar-refractivity contribution is 4.42. The van der Waals surface area contributed by atoms with E-state index in [1.807, 2.05) is 0 Å². The van der Waals surface area contributed by atoms with Crippen molar-refractivity contribution in [3.8, 4) is 6.26 Å². The molecule has 0 unspecified atom stereocenters. The minimum Gasteiger partial charge on any atom is -0.301 e. The monoisotopic (exact) mass is 158 g/mol. The van der Waals surface area contributed by atoms with Crippen molar-refractivity contribution >= 4 is 0 Å². The third kappa shape index (κ3) is 7.10. The second kappa shape index (κ2) is 5.96. The number of hydrogen-bond donors (Lipinski definition) is 0. The zero-order chi connectivity index (χ0) is 8.69. The molecule has 0 N–H and O–H groups in total. The number of nitrogens with zero attached hydrogens (tertiary/aromatic N) is 2. The third-order valence-corrected chi connectivity index (χ3v) is 1.14. The highest BCUT2D eigenvalue weighted by Gasteiger charge is 1.98. The van der Waals surface area contributed by atoms with E-state index in [9.17, 15) is 0 Å². The van der Waals surface area contributed by atoms with Gasteiger partial charge in [-0.2, -0.15) is 0 Å². The van der Waals surface area contributed by atoms with Gasteiger partial charge in [0.1, 0.15) is 0 Å². The summed E-state index contributed by atoms with van der Waals surface area (Å²) in [6, 6.07) is 0.